The summed E-state index contributed by atoms with van der Waals surface area (Å²) in [4.78, 5) is 21.2. The Labute approximate surface area is 174 Å². The summed E-state index contributed by atoms with van der Waals surface area (Å²) in [6, 6.07) is 14.1. The van der Waals surface area contributed by atoms with Gasteiger partial charge in [0.15, 0.2) is 5.96 Å². The highest BCUT2D eigenvalue weighted by atomic mass is 16.5. The van der Waals surface area contributed by atoms with Crippen LogP contribution in [0.1, 0.15) is 23.0 Å². The number of nitrogens with zero attached hydrogens (tertiary/aromatic N) is 3. The molecule has 7 heteroatoms. The molecule has 0 fully saturated rings. The minimum Gasteiger partial charge on any atom is -0.462 e. The standard InChI is InChI=1S/C23H23N5O2/c1-3-30-22(29)21-17-9-8-14(10-19(17)28(2)20(21)13-27-23(24)25)18-12-26-11-15-6-4-5-7-16(15)18/h4-12H,3,13H2,1-2H3,(H4,24,25,27). The molecule has 0 atom stereocenters. The molecule has 0 bridgehead atoms. The molecule has 2 aromatic heterocycles. The number of pyridine rings is 1. The van der Waals surface area contributed by atoms with E-state index in [-0.39, 0.29) is 25.1 Å². The molecule has 0 aliphatic rings. The van der Waals surface area contributed by atoms with E-state index in [2.05, 4.69) is 22.1 Å². The van der Waals surface area contributed by atoms with Crippen LogP contribution in [-0.2, 0) is 18.3 Å². The van der Waals surface area contributed by atoms with Gasteiger partial charge in [-0.3, -0.25) is 4.98 Å². The SMILES string of the molecule is CCOC(=O)c1c(CN=C(N)N)n(C)c2cc(-c3cncc4ccccc34)ccc12. The Morgan fingerprint density at radius 3 is 2.70 bits per heavy atom. The van der Waals surface area contributed by atoms with Gasteiger partial charge in [0.05, 0.1) is 24.4 Å². The van der Waals surface area contributed by atoms with Crippen molar-refractivity contribution in [1.82, 2.24) is 9.55 Å². The summed E-state index contributed by atoms with van der Waals surface area (Å²) in [5, 5.41) is 2.99. The van der Waals surface area contributed by atoms with E-state index in [0.717, 1.165) is 32.8 Å². The lowest BCUT2D eigenvalue weighted by atomic mass is 9.99. The second-order valence-electron chi connectivity index (χ2n) is 6.98. The Hall–Kier alpha value is -3.87. The van der Waals surface area contributed by atoms with Gasteiger partial charge in [-0.2, -0.15) is 0 Å². The van der Waals surface area contributed by atoms with Crippen LogP contribution in [0.25, 0.3) is 32.8 Å². The molecule has 0 saturated carbocycles. The monoisotopic (exact) mass is 401 g/mol. The lowest BCUT2D eigenvalue weighted by Gasteiger charge is -2.07. The molecule has 0 aliphatic carbocycles. The summed E-state index contributed by atoms with van der Waals surface area (Å²) in [6.07, 6.45) is 3.71. The minimum absolute atomic E-state index is 0.0300. The average molecular weight is 401 g/mol. The molecule has 2 aromatic carbocycles. The van der Waals surface area contributed by atoms with Crippen LogP contribution < -0.4 is 11.5 Å². The van der Waals surface area contributed by atoms with Crippen LogP contribution >= 0.6 is 0 Å². The Bertz CT molecular complexity index is 1280. The van der Waals surface area contributed by atoms with Gasteiger partial charge in [0.1, 0.15) is 0 Å². The van der Waals surface area contributed by atoms with E-state index in [9.17, 15) is 4.79 Å². The molecule has 0 aliphatic heterocycles. The number of fused-ring (bicyclic) bond motifs is 2. The highest BCUT2D eigenvalue weighted by Gasteiger charge is 2.22. The third kappa shape index (κ3) is 3.34. The number of ether oxygens (including phenoxy) is 1. The zero-order valence-electron chi connectivity index (χ0n) is 16.9. The maximum Gasteiger partial charge on any atom is 0.340 e. The maximum atomic E-state index is 12.7. The second-order valence-corrected chi connectivity index (χ2v) is 6.98. The van der Waals surface area contributed by atoms with Crippen LogP contribution in [-0.4, -0.2) is 28.1 Å². The number of esters is 1. The fraction of sp³-hybridized carbons (Fsp3) is 0.174. The molecule has 0 unspecified atom stereocenters. The smallest absolute Gasteiger partial charge is 0.340 e. The van der Waals surface area contributed by atoms with E-state index in [4.69, 9.17) is 16.2 Å². The van der Waals surface area contributed by atoms with Crippen LogP contribution in [0, 0.1) is 0 Å². The molecule has 2 heterocycles. The van der Waals surface area contributed by atoms with E-state index in [1.54, 1.807) is 6.92 Å². The van der Waals surface area contributed by atoms with Crippen LogP contribution in [0.15, 0.2) is 59.9 Å². The number of carbonyl (C=O) groups is 1. The minimum atomic E-state index is -0.386. The van der Waals surface area contributed by atoms with Gasteiger partial charge >= 0.3 is 5.97 Å². The van der Waals surface area contributed by atoms with E-state index in [1.807, 2.05) is 54.3 Å². The fourth-order valence-electron chi connectivity index (χ4n) is 3.79. The molecule has 152 valence electrons. The highest BCUT2D eigenvalue weighted by Crippen LogP contribution is 2.33. The number of hydrogen-bond donors (Lipinski definition) is 2. The van der Waals surface area contributed by atoms with E-state index >= 15 is 0 Å². The lowest BCUT2D eigenvalue weighted by Crippen LogP contribution is -2.23. The largest absolute Gasteiger partial charge is 0.462 e. The molecule has 4 N–H and O–H groups in total. The number of hydrogen-bond acceptors (Lipinski definition) is 4. The number of aliphatic imine (C=N–C) groups is 1. The van der Waals surface area contributed by atoms with Crippen molar-refractivity contribution in [1.29, 1.82) is 0 Å². The van der Waals surface area contributed by atoms with Crippen molar-refractivity contribution in [3.05, 3.63) is 66.1 Å². The normalized spacial score (nSPS) is 11.0. The summed E-state index contributed by atoms with van der Waals surface area (Å²) in [5.41, 5.74) is 15.2. The molecule has 4 aromatic rings. The zero-order chi connectivity index (χ0) is 21.3. The molecule has 7 nitrogen and oxygen atoms in total. The first-order valence-corrected chi connectivity index (χ1v) is 9.68. The Balaban J connectivity index is 1.94. The van der Waals surface area contributed by atoms with Crippen molar-refractivity contribution in [2.24, 2.45) is 23.5 Å². The molecule has 4 rings (SSSR count). The number of nitrogens with two attached hydrogens (primary N) is 2. The zero-order valence-corrected chi connectivity index (χ0v) is 16.9. The lowest BCUT2D eigenvalue weighted by molar-refractivity contribution is 0.0527. The van der Waals surface area contributed by atoms with Crippen LogP contribution in [0.5, 0.6) is 0 Å². The first kappa shape index (κ1) is 19.4. The topological polar surface area (TPSA) is 109 Å². The van der Waals surface area contributed by atoms with Crippen LogP contribution in [0.4, 0.5) is 0 Å². The number of carbonyl (C=O) groups excluding carboxylic acids is 1. The van der Waals surface area contributed by atoms with Crippen molar-refractivity contribution >= 4 is 33.6 Å². The van der Waals surface area contributed by atoms with Crippen molar-refractivity contribution < 1.29 is 9.53 Å². The molecular formula is C23H23N5O2. The van der Waals surface area contributed by atoms with Crippen LogP contribution in [0.2, 0.25) is 0 Å². The fourth-order valence-corrected chi connectivity index (χ4v) is 3.79. The van der Waals surface area contributed by atoms with E-state index in [1.165, 1.54) is 0 Å². The second kappa shape index (κ2) is 7.87. The Kier molecular flexibility index (Phi) is 5.10. The van der Waals surface area contributed by atoms with E-state index < -0.39 is 0 Å². The van der Waals surface area contributed by atoms with Crippen molar-refractivity contribution in [3.63, 3.8) is 0 Å². The number of guanidine groups is 1. The molecule has 0 spiro atoms. The first-order valence-electron chi connectivity index (χ1n) is 9.68. The summed E-state index contributed by atoms with van der Waals surface area (Å²) in [7, 11) is 1.90. The Morgan fingerprint density at radius 2 is 1.93 bits per heavy atom. The highest BCUT2D eigenvalue weighted by molar-refractivity contribution is 6.07. The summed E-state index contributed by atoms with van der Waals surface area (Å²) in [6.45, 7) is 2.26. The van der Waals surface area contributed by atoms with Crippen molar-refractivity contribution in [2.45, 2.75) is 13.5 Å². The average Bonchev–Trinajstić information content (AvgIpc) is 3.03. The quantitative estimate of drug-likeness (QED) is 0.303. The summed E-state index contributed by atoms with van der Waals surface area (Å²) in [5.74, 6) is -0.416. The molecule has 0 amide bonds. The number of rotatable bonds is 5. The predicted molar refractivity (Wildman–Crippen MR) is 119 cm³/mol. The van der Waals surface area contributed by atoms with Gasteiger partial charge in [0.2, 0.25) is 0 Å². The van der Waals surface area contributed by atoms with Gasteiger partial charge in [-0.05, 0) is 23.9 Å². The number of aryl methyl sites for hydroxylation is 1. The molecule has 30 heavy (non-hydrogen) atoms. The molecular weight excluding hydrogens is 378 g/mol. The molecule has 0 saturated heterocycles. The predicted octanol–water partition coefficient (Wildman–Crippen LogP) is 3.34. The number of benzene rings is 2. The van der Waals surface area contributed by atoms with Gasteiger partial charge in [0, 0.05) is 41.3 Å². The maximum absolute atomic E-state index is 12.7. The Morgan fingerprint density at radius 1 is 1.13 bits per heavy atom. The van der Waals surface area contributed by atoms with Crippen molar-refractivity contribution in [2.75, 3.05) is 6.61 Å². The van der Waals surface area contributed by atoms with Crippen LogP contribution in [0.3, 0.4) is 0 Å². The third-order valence-corrected chi connectivity index (χ3v) is 5.19. The summed E-state index contributed by atoms with van der Waals surface area (Å²) >= 11 is 0. The van der Waals surface area contributed by atoms with Gasteiger partial charge in [0.25, 0.3) is 0 Å². The first-order chi connectivity index (χ1) is 14.5. The van der Waals surface area contributed by atoms with Gasteiger partial charge in [-0.15, -0.1) is 0 Å². The van der Waals surface area contributed by atoms with E-state index in [0.29, 0.717) is 11.3 Å². The van der Waals surface area contributed by atoms with Gasteiger partial charge < -0.3 is 20.8 Å². The third-order valence-electron chi connectivity index (χ3n) is 5.19. The summed E-state index contributed by atoms with van der Waals surface area (Å²) < 4.78 is 7.24. The van der Waals surface area contributed by atoms with Gasteiger partial charge in [-0.1, -0.05) is 36.4 Å². The van der Waals surface area contributed by atoms with Crippen molar-refractivity contribution in [3.8, 4) is 11.1 Å². The molecule has 0 radical (unpaired) electrons. The number of aromatic nitrogens is 2. The van der Waals surface area contributed by atoms with Gasteiger partial charge in [-0.25, -0.2) is 9.79 Å².